The van der Waals surface area contributed by atoms with E-state index in [0.29, 0.717) is 6.42 Å². The van der Waals surface area contributed by atoms with Gasteiger partial charge in [-0.1, -0.05) is 19.8 Å². The summed E-state index contributed by atoms with van der Waals surface area (Å²) >= 11 is 0. The van der Waals surface area contributed by atoms with E-state index in [0.717, 1.165) is 12.8 Å². The van der Waals surface area contributed by atoms with Crippen molar-refractivity contribution in [3.8, 4) is 0 Å². The Morgan fingerprint density at radius 3 is 2.46 bits per heavy atom. The largest absolute Gasteiger partial charge is 0.395 e. The molecule has 0 spiro atoms. The molecule has 13 heavy (non-hydrogen) atoms. The van der Waals surface area contributed by atoms with Crippen LogP contribution in [0.25, 0.3) is 0 Å². The van der Waals surface area contributed by atoms with E-state index < -0.39 is 15.1 Å². The van der Waals surface area contributed by atoms with Crippen molar-refractivity contribution in [2.24, 2.45) is 5.73 Å². The first-order chi connectivity index (χ1) is 6.08. The Labute approximate surface area is 80.1 Å². The number of aliphatic hydroxyl groups excluding tert-OH is 1. The van der Waals surface area contributed by atoms with Crippen LogP contribution in [0, 0.1) is 0 Å². The number of sulfone groups is 1. The predicted octanol–water partition coefficient (Wildman–Crippen LogP) is -0.0890. The van der Waals surface area contributed by atoms with E-state index in [1.165, 1.54) is 0 Å². The first-order valence-corrected chi connectivity index (χ1v) is 6.32. The fourth-order valence-electron chi connectivity index (χ4n) is 1.17. The molecule has 5 heteroatoms. The fraction of sp³-hybridized carbons (Fsp3) is 1.00. The minimum atomic E-state index is -3.17. The Balaban J connectivity index is 4.20. The van der Waals surface area contributed by atoms with Gasteiger partial charge in [-0.25, -0.2) is 8.42 Å². The third-order valence-electron chi connectivity index (χ3n) is 2.03. The highest BCUT2D eigenvalue weighted by Crippen LogP contribution is 2.09. The molecule has 0 aromatic carbocycles. The summed E-state index contributed by atoms with van der Waals surface area (Å²) in [5.41, 5.74) is 5.37. The number of nitrogens with two attached hydrogens (primary N) is 1. The minimum absolute atomic E-state index is 0.155. The number of aliphatic hydroxyl groups is 1. The van der Waals surface area contributed by atoms with Crippen molar-refractivity contribution in [2.45, 2.75) is 31.4 Å². The second kappa shape index (κ2) is 6.34. The zero-order chi connectivity index (χ0) is 10.3. The van der Waals surface area contributed by atoms with Crippen LogP contribution in [0.3, 0.4) is 0 Å². The normalized spacial score (nSPS) is 14.4. The number of hydrogen-bond donors (Lipinski definition) is 2. The van der Waals surface area contributed by atoms with Crippen molar-refractivity contribution in [3.63, 3.8) is 0 Å². The summed E-state index contributed by atoms with van der Waals surface area (Å²) in [4.78, 5) is 0. The smallest absolute Gasteiger partial charge is 0.156 e. The molecule has 0 bridgehead atoms. The summed E-state index contributed by atoms with van der Waals surface area (Å²) in [6, 6.07) is 0. The highest BCUT2D eigenvalue weighted by molar-refractivity contribution is 7.92. The van der Waals surface area contributed by atoms with Gasteiger partial charge in [0.05, 0.1) is 17.6 Å². The molecule has 0 heterocycles. The molecule has 0 aromatic heterocycles. The second-order valence-electron chi connectivity index (χ2n) is 3.09. The van der Waals surface area contributed by atoms with Crippen LogP contribution < -0.4 is 5.73 Å². The van der Waals surface area contributed by atoms with Crippen molar-refractivity contribution >= 4 is 9.84 Å². The molecule has 0 saturated carbocycles. The van der Waals surface area contributed by atoms with E-state index >= 15 is 0 Å². The van der Waals surface area contributed by atoms with Gasteiger partial charge in [0.2, 0.25) is 0 Å². The number of unbranched alkanes of at least 4 members (excludes halogenated alkanes) is 1. The first kappa shape index (κ1) is 12.9. The monoisotopic (exact) mass is 209 g/mol. The van der Waals surface area contributed by atoms with Gasteiger partial charge in [-0.15, -0.1) is 0 Å². The maximum atomic E-state index is 11.4. The van der Waals surface area contributed by atoms with Crippen molar-refractivity contribution < 1.29 is 13.5 Å². The summed E-state index contributed by atoms with van der Waals surface area (Å²) in [6.07, 6.45) is 2.44. The van der Waals surface area contributed by atoms with E-state index in [1.807, 2.05) is 6.92 Å². The summed E-state index contributed by atoms with van der Waals surface area (Å²) in [6.45, 7) is 1.85. The highest BCUT2D eigenvalue weighted by Gasteiger charge is 2.22. The van der Waals surface area contributed by atoms with E-state index in [9.17, 15) is 8.42 Å². The van der Waals surface area contributed by atoms with Crippen LogP contribution >= 0.6 is 0 Å². The van der Waals surface area contributed by atoms with Gasteiger partial charge in [0.15, 0.2) is 9.84 Å². The highest BCUT2D eigenvalue weighted by atomic mass is 32.2. The van der Waals surface area contributed by atoms with Gasteiger partial charge >= 0.3 is 0 Å². The standard InChI is InChI=1S/C8H19NO3S/c1-2-3-4-8(7-9)13(11,12)6-5-10/h8,10H,2-7,9H2,1H3. The molecule has 0 amide bonds. The fourth-order valence-corrected chi connectivity index (χ4v) is 2.58. The molecule has 4 nitrogen and oxygen atoms in total. The molecule has 0 fully saturated rings. The van der Waals surface area contributed by atoms with Crippen molar-refractivity contribution in [3.05, 3.63) is 0 Å². The lowest BCUT2D eigenvalue weighted by molar-refractivity contribution is 0.319. The van der Waals surface area contributed by atoms with Gasteiger partial charge in [-0.3, -0.25) is 0 Å². The summed E-state index contributed by atoms with van der Waals surface area (Å²) in [7, 11) is -3.17. The van der Waals surface area contributed by atoms with Crippen molar-refractivity contribution in [1.82, 2.24) is 0 Å². The average Bonchev–Trinajstić information content (AvgIpc) is 2.05. The molecule has 0 aliphatic heterocycles. The Kier molecular flexibility index (Phi) is 6.28. The van der Waals surface area contributed by atoms with Crippen LogP contribution in [-0.4, -0.2) is 37.7 Å². The predicted molar refractivity (Wildman–Crippen MR) is 53.2 cm³/mol. The van der Waals surface area contributed by atoms with Crippen LogP contribution in [0.5, 0.6) is 0 Å². The SMILES string of the molecule is CCCCC(CN)S(=O)(=O)CCO. The molecule has 1 unspecified atom stereocenters. The minimum Gasteiger partial charge on any atom is -0.395 e. The first-order valence-electron chi connectivity index (χ1n) is 4.61. The van der Waals surface area contributed by atoms with Crippen LogP contribution in [0.2, 0.25) is 0 Å². The Bertz CT molecular complexity index is 213. The Hall–Kier alpha value is -0.130. The molecular formula is C8H19NO3S. The lowest BCUT2D eigenvalue weighted by Crippen LogP contribution is -2.32. The summed E-state index contributed by atoms with van der Waals surface area (Å²) in [5, 5.41) is 8.08. The zero-order valence-corrected chi connectivity index (χ0v) is 8.89. The van der Waals surface area contributed by atoms with Crippen molar-refractivity contribution in [1.29, 1.82) is 0 Å². The van der Waals surface area contributed by atoms with Crippen molar-refractivity contribution in [2.75, 3.05) is 18.9 Å². The van der Waals surface area contributed by atoms with E-state index in [-0.39, 0.29) is 18.9 Å². The summed E-state index contributed by atoms with van der Waals surface area (Å²) in [5.74, 6) is -0.168. The van der Waals surface area contributed by atoms with Gasteiger partial charge in [0.25, 0.3) is 0 Å². The van der Waals surface area contributed by atoms with E-state index in [2.05, 4.69) is 0 Å². The van der Waals surface area contributed by atoms with E-state index in [1.54, 1.807) is 0 Å². The van der Waals surface area contributed by atoms with Gasteiger partial charge in [0.1, 0.15) is 0 Å². The Morgan fingerprint density at radius 2 is 2.08 bits per heavy atom. The van der Waals surface area contributed by atoms with Gasteiger partial charge in [0, 0.05) is 6.54 Å². The quantitative estimate of drug-likeness (QED) is 0.614. The molecule has 0 aliphatic carbocycles. The van der Waals surface area contributed by atoms with Gasteiger partial charge in [-0.05, 0) is 6.42 Å². The molecular weight excluding hydrogens is 190 g/mol. The van der Waals surface area contributed by atoms with Crippen LogP contribution in [0.15, 0.2) is 0 Å². The Morgan fingerprint density at radius 1 is 1.46 bits per heavy atom. The topological polar surface area (TPSA) is 80.4 Å². The molecule has 0 saturated heterocycles. The molecule has 0 radical (unpaired) electrons. The van der Waals surface area contributed by atoms with Gasteiger partial charge in [-0.2, -0.15) is 0 Å². The lowest BCUT2D eigenvalue weighted by atomic mass is 10.2. The maximum Gasteiger partial charge on any atom is 0.156 e. The third-order valence-corrected chi connectivity index (χ3v) is 4.22. The van der Waals surface area contributed by atoms with E-state index in [4.69, 9.17) is 10.8 Å². The number of rotatable bonds is 7. The van der Waals surface area contributed by atoms with Crippen LogP contribution in [0.4, 0.5) is 0 Å². The molecule has 3 N–H and O–H groups in total. The molecule has 0 aromatic rings. The molecule has 0 rings (SSSR count). The third kappa shape index (κ3) is 4.59. The van der Waals surface area contributed by atoms with Crippen LogP contribution in [0.1, 0.15) is 26.2 Å². The lowest BCUT2D eigenvalue weighted by Gasteiger charge is -2.14. The molecule has 0 aliphatic rings. The second-order valence-corrected chi connectivity index (χ2v) is 5.49. The zero-order valence-electron chi connectivity index (χ0n) is 8.07. The summed E-state index contributed by atoms with van der Waals surface area (Å²) < 4.78 is 22.9. The van der Waals surface area contributed by atoms with Gasteiger partial charge < -0.3 is 10.8 Å². The number of hydrogen-bond acceptors (Lipinski definition) is 4. The average molecular weight is 209 g/mol. The maximum absolute atomic E-state index is 11.4. The molecule has 80 valence electrons. The van der Waals surface area contributed by atoms with Crippen LogP contribution in [-0.2, 0) is 9.84 Å². The molecule has 1 atom stereocenters.